The highest BCUT2D eigenvalue weighted by Crippen LogP contribution is 2.31. The maximum atomic E-state index is 15.4. The van der Waals surface area contributed by atoms with Crippen molar-refractivity contribution in [3.05, 3.63) is 120 Å². The highest BCUT2D eigenvalue weighted by atomic mass is 32.2. The summed E-state index contributed by atoms with van der Waals surface area (Å²) in [4.78, 5) is 51.8. The summed E-state index contributed by atoms with van der Waals surface area (Å²) in [7, 11) is 0.808. The number of rotatable bonds is 13. The number of sulfonamides is 1. The molecular formula is C40H40FN7O7S. The molecule has 2 N–H and O–H groups in total. The minimum absolute atomic E-state index is 0.0239. The molecule has 1 saturated heterocycles. The van der Waals surface area contributed by atoms with Crippen LogP contribution in [0.25, 0.3) is 0 Å². The summed E-state index contributed by atoms with van der Waals surface area (Å²) in [6, 6.07) is 23.5. The number of para-hydroxylation sites is 1. The maximum Gasteiger partial charge on any atom is 0.331 e. The first-order valence-corrected chi connectivity index (χ1v) is 18.9. The lowest BCUT2D eigenvalue weighted by Crippen LogP contribution is -2.61. The van der Waals surface area contributed by atoms with Gasteiger partial charge in [0.25, 0.3) is 0 Å². The van der Waals surface area contributed by atoms with Crippen LogP contribution in [0.5, 0.6) is 17.2 Å². The van der Waals surface area contributed by atoms with E-state index in [9.17, 15) is 22.8 Å². The molecule has 1 aliphatic rings. The lowest BCUT2D eigenvalue weighted by atomic mass is 10.0. The quantitative estimate of drug-likeness (QED) is 0.127. The van der Waals surface area contributed by atoms with Crippen LogP contribution in [0, 0.1) is 11.7 Å². The summed E-state index contributed by atoms with van der Waals surface area (Å²) in [5, 5.41) is 5.57. The van der Waals surface area contributed by atoms with Gasteiger partial charge in [0.2, 0.25) is 21.8 Å². The van der Waals surface area contributed by atoms with Gasteiger partial charge < -0.3 is 25.0 Å². The van der Waals surface area contributed by atoms with Gasteiger partial charge in [-0.25, -0.2) is 36.8 Å². The van der Waals surface area contributed by atoms with Gasteiger partial charge in [-0.05, 0) is 73.5 Å². The molecule has 56 heavy (non-hydrogen) atoms. The molecule has 1 unspecified atom stereocenters. The molecule has 1 fully saturated rings. The van der Waals surface area contributed by atoms with Gasteiger partial charge in [0.05, 0.1) is 12.8 Å². The minimum Gasteiger partial charge on any atom is -0.496 e. The monoisotopic (exact) mass is 781 g/mol. The normalized spacial score (nSPS) is 14.6. The Kier molecular flexibility index (Phi) is 11.6. The highest BCUT2D eigenvalue weighted by Gasteiger charge is 2.44. The summed E-state index contributed by atoms with van der Waals surface area (Å²) in [6.07, 6.45) is 3.22. The van der Waals surface area contributed by atoms with Gasteiger partial charge in [0, 0.05) is 63.3 Å². The molecular weight excluding hydrogens is 742 g/mol. The van der Waals surface area contributed by atoms with E-state index in [2.05, 4.69) is 20.6 Å². The molecule has 290 valence electrons. The fourth-order valence-corrected chi connectivity index (χ4v) is 6.78. The van der Waals surface area contributed by atoms with Crippen molar-refractivity contribution in [2.24, 2.45) is 5.92 Å². The van der Waals surface area contributed by atoms with Crippen molar-refractivity contribution in [2.75, 3.05) is 43.3 Å². The van der Waals surface area contributed by atoms with Gasteiger partial charge in [-0.1, -0.05) is 30.3 Å². The SMILES string of the molecule is COc1ccccc1Cc1ccc(N2C(=O)C(C(=O)Nc3ccc(Oc4ccnc(Nc5ccc(S(=O)(=O)N(C)C)cn5)c4)c(F)c3)CN(C(C)C)C2=O)cc1. The molecule has 1 aliphatic heterocycles. The molecule has 3 aromatic carbocycles. The van der Waals surface area contributed by atoms with Crippen LogP contribution in [-0.4, -0.2) is 79.2 Å². The molecule has 16 heteroatoms. The topological polar surface area (TPSA) is 163 Å². The van der Waals surface area contributed by atoms with Crippen LogP contribution >= 0.6 is 0 Å². The third kappa shape index (κ3) is 8.61. The van der Waals surface area contributed by atoms with Crippen molar-refractivity contribution in [1.82, 2.24) is 19.2 Å². The fraction of sp³-hybridized carbons (Fsp3) is 0.225. The van der Waals surface area contributed by atoms with Crippen molar-refractivity contribution in [2.45, 2.75) is 31.2 Å². The largest absolute Gasteiger partial charge is 0.496 e. The number of ether oxygens (including phenoxy) is 2. The molecule has 0 spiro atoms. The molecule has 1 atom stereocenters. The number of hydrogen-bond acceptors (Lipinski definition) is 10. The Bertz CT molecular complexity index is 2360. The van der Waals surface area contributed by atoms with Crippen molar-refractivity contribution in [3.8, 4) is 17.2 Å². The number of amides is 4. The van der Waals surface area contributed by atoms with Gasteiger partial charge in [-0.2, -0.15) is 0 Å². The summed E-state index contributed by atoms with van der Waals surface area (Å²) in [5.74, 6) is -2.03. The number of nitrogens with zero attached hydrogens (tertiary/aromatic N) is 5. The zero-order valence-electron chi connectivity index (χ0n) is 31.3. The second kappa shape index (κ2) is 16.5. The van der Waals surface area contributed by atoms with Crippen LogP contribution in [0.3, 0.4) is 0 Å². The first-order valence-electron chi connectivity index (χ1n) is 17.5. The fourth-order valence-electron chi connectivity index (χ4n) is 5.94. The molecule has 0 aliphatic carbocycles. The molecule has 4 amide bonds. The number of aromatic nitrogens is 2. The number of nitrogens with one attached hydrogen (secondary N) is 2. The molecule has 0 bridgehead atoms. The zero-order chi connectivity index (χ0) is 40.1. The molecule has 14 nitrogen and oxygen atoms in total. The number of pyridine rings is 2. The second-order valence-electron chi connectivity index (χ2n) is 13.3. The smallest absolute Gasteiger partial charge is 0.331 e. The number of methoxy groups -OCH3 is 1. The van der Waals surface area contributed by atoms with E-state index in [0.717, 1.165) is 32.1 Å². The van der Waals surface area contributed by atoms with E-state index in [4.69, 9.17) is 9.47 Å². The highest BCUT2D eigenvalue weighted by molar-refractivity contribution is 7.89. The van der Waals surface area contributed by atoms with E-state index in [0.29, 0.717) is 23.7 Å². The van der Waals surface area contributed by atoms with Gasteiger partial charge in [0.1, 0.15) is 33.9 Å². The Labute approximate surface area is 323 Å². The first-order chi connectivity index (χ1) is 26.7. The van der Waals surface area contributed by atoms with E-state index < -0.39 is 39.6 Å². The Hall–Kier alpha value is -6.39. The lowest BCUT2D eigenvalue weighted by Gasteiger charge is -2.40. The number of urea groups is 1. The number of imide groups is 1. The van der Waals surface area contributed by atoms with Gasteiger partial charge >= 0.3 is 6.03 Å². The van der Waals surface area contributed by atoms with Gasteiger partial charge in [-0.15, -0.1) is 0 Å². The van der Waals surface area contributed by atoms with Crippen molar-refractivity contribution >= 4 is 50.9 Å². The Morgan fingerprint density at radius 2 is 1.70 bits per heavy atom. The maximum absolute atomic E-state index is 15.4. The Morgan fingerprint density at radius 1 is 0.946 bits per heavy atom. The number of anilines is 4. The second-order valence-corrected chi connectivity index (χ2v) is 15.5. The third-order valence-electron chi connectivity index (χ3n) is 8.99. The van der Waals surface area contributed by atoms with Crippen LogP contribution in [0.2, 0.25) is 0 Å². The summed E-state index contributed by atoms with van der Waals surface area (Å²) in [6.45, 7) is 3.44. The predicted molar refractivity (Wildman–Crippen MR) is 208 cm³/mol. The number of halogens is 1. The van der Waals surface area contributed by atoms with Crippen molar-refractivity contribution < 1.29 is 36.7 Å². The molecule has 6 rings (SSSR count). The average Bonchev–Trinajstić information content (AvgIpc) is 3.17. The molecule has 0 radical (unpaired) electrons. The van der Waals surface area contributed by atoms with Gasteiger partial charge in [-0.3, -0.25) is 9.59 Å². The van der Waals surface area contributed by atoms with E-state index >= 15 is 4.39 Å². The summed E-state index contributed by atoms with van der Waals surface area (Å²) in [5.41, 5.74) is 2.31. The molecule has 2 aromatic heterocycles. The van der Waals surface area contributed by atoms with E-state index in [-0.39, 0.29) is 34.7 Å². The van der Waals surface area contributed by atoms with Crippen LogP contribution in [0.1, 0.15) is 25.0 Å². The third-order valence-corrected chi connectivity index (χ3v) is 10.8. The Balaban J connectivity index is 1.12. The number of benzene rings is 3. The standard InChI is InChI=1S/C40H40FN7O7S/c1-25(2)47-24-32(39(50)48(40(47)51)29-13-10-26(11-14-29)20-27-8-6-7-9-34(27)54-5)38(49)44-28-12-16-35(33(41)21-28)55-30-18-19-42-37(22-30)45-36-17-15-31(23-43-36)56(52,53)46(3)4/h6-19,21-23,25,32H,20,24H2,1-5H3,(H,44,49)(H,42,43,45). The van der Waals surface area contributed by atoms with Crippen LogP contribution in [-0.2, 0) is 26.0 Å². The van der Waals surface area contributed by atoms with E-state index in [1.54, 1.807) is 33.1 Å². The van der Waals surface area contributed by atoms with Gasteiger partial charge in [0.15, 0.2) is 11.6 Å². The van der Waals surface area contributed by atoms with Crippen LogP contribution in [0.15, 0.2) is 108 Å². The number of hydrogen-bond donors (Lipinski definition) is 2. The summed E-state index contributed by atoms with van der Waals surface area (Å²) < 4.78 is 52.3. The van der Waals surface area contributed by atoms with E-state index in [1.807, 2.05) is 36.4 Å². The van der Waals surface area contributed by atoms with Crippen molar-refractivity contribution in [1.29, 1.82) is 0 Å². The molecule has 3 heterocycles. The Morgan fingerprint density at radius 3 is 2.36 bits per heavy atom. The lowest BCUT2D eigenvalue weighted by molar-refractivity contribution is -0.132. The number of carbonyl (C=O) groups excluding carboxylic acids is 3. The minimum atomic E-state index is -3.65. The van der Waals surface area contributed by atoms with Crippen LogP contribution < -0.4 is 25.0 Å². The molecule has 0 saturated carbocycles. The van der Waals surface area contributed by atoms with E-state index in [1.165, 1.54) is 67.8 Å². The molecule has 5 aromatic rings. The zero-order valence-corrected chi connectivity index (χ0v) is 32.1. The summed E-state index contributed by atoms with van der Waals surface area (Å²) >= 11 is 0. The predicted octanol–water partition coefficient (Wildman–Crippen LogP) is 6.43. The number of carbonyl (C=O) groups is 3. The van der Waals surface area contributed by atoms with Crippen molar-refractivity contribution in [3.63, 3.8) is 0 Å². The average molecular weight is 782 g/mol. The van der Waals surface area contributed by atoms with Crippen LogP contribution in [0.4, 0.5) is 32.2 Å². The first kappa shape index (κ1) is 39.3.